The Morgan fingerprint density at radius 1 is 0.690 bits per heavy atom. The highest BCUT2D eigenvalue weighted by molar-refractivity contribution is 5.96. The van der Waals surface area contributed by atoms with Crippen LogP contribution >= 0.6 is 0 Å². The molecule has 3 rings (SSSR count). The molecule has 2 N–H and O–H groups in total. The van der Waals surface area contributed by atoms with E-state index in [1.807, 2.05) is 0 Å². The lowest BCUT2D eigenvalue weighted by molar-refractivity contribution is 0.0902. The molecule has 0 saturated heterocycles. The van der Waals surface area contributed by atoms with E-state index in [0.29, 0.717) is 11.1 Å². The first-order chi connectivity index (χ1) is 14.0. The van der Waals surface area contributed by atoms with Gasteiger partial charge >= 0.3 is 11.8 Å². The summed E-state index contributed by atoms with van der Waals surface area (Å²) in [4.78, 5) is 24.0. The average Bonchev–Trinajstić information content (AvgIpc) is 3.21. The predicted octanol–water partition coefficient (Wildman–Crippen LogP) is 3.09. The number of amides is 2. The number of hydrogen-bond donors (Lipinski definition) is 2. The molecule has 146 valence electrons. The number of carbonyl (C=O) groups is 2. The van der Waals surface area contributed by atoms with Crippen molar-refractivity contribution in [2.75, 3.05) is 0 Å². The van der Waals surface area contributed by atoms with Gasteiger partial charge in [-0.05, 0) is 47.5 Å². The van der Waals surface area contributed by atoms with Gasteiger partial charge in [0, 0.05) is 0 Å². The van der Waals surface area contributed by atoms with Crippen LogP contribution in [0.25, 0.3) is 0 Å². The fourth-order valence-electron chi connectivity index (χ4n) is 2.12. The van der Waals surface area contributed by atoms with Crippen molar-refractivity contribution in [1.29, 1.82) is 0 Å². The van der Waals surface area contributed by atoms with Crippen LogP contribution in [-0.4, -0.2) is 24.2 Å². The molecule has 0 radical (unpaired) electrons. The Labute approximate surface area is 163 Å². The Morgan fingerprint density at radius 2 is 1.07 bits per heavy atom. The fourth-order valence-corrected chi connectivity index (χ4v) is 2.12. The highest BCUT2D eigenvalue weighted by atomic mass is 19.1. The summed E-state index contributed by atoms with van der Waals surface area (Å²) in [7, 11) is 0. The van der Waals surface area contributed by atoms with E-state index in [2.05, 4.69) is 21.1 Å². The third kappa shape index (κ3) is 5.67. The van der Waals surface area contributed by atoms with Gasteiger partial charge in [0.1, 0.15) is 11.6 Å². The van der Waals surface area contributed by atoms with Crippen LogP contribution < -0.4 is 10.9 Å². The van der Waals surface area contributed by atoms with E-state index in [4.69, 9.17) is 4.42 Å². The summed E-state index contributed by atoms with van der Waals surface area (Å²) in [5.74, 6) is -2.36. The van der Waals surface area contributed by atoms with E-state index in [9.17, 15) is 18.4 Å². The van der Waals surface area contributed by atoms with Gasteiger partial charge in [-0.25, -0.2) is 19.6 Å². The smallest absolute Gasteiger partial charge is 0.307 e. The summed E-state index contributed by atoms with van der Waals surface area (Å²) in [6.07, 6.45) is 2.66. The van der Waals surface area contributed by atoms with Gasteiger partial charge in [0.2, 0.25) is 0 Å². The van der Waals surface area contributed by atoms with Gasteiger partial charge in [0.05, 0.1) is 12.4 Å². The van der Waals surface area contributed by atoms with Crippen molar-refractivity contribution in [2.45, 2.75) is 0 Å². The number of halogens is 2. The topological polar surface area (TPSA) is 96.1 Å². The van der Waals surface area contributed by atoms with Gasteiger partial charge in [-0.3, -0.25) is 9.59 Å². The molecule has 0 aliphatic rings. The van der Waals surface area contributed by atoms with Gasteiger partial charge in [-0.2, -0.15) is 10.2 Å². The molecule has 0 saturated carbocycles. The van der Waals surface area contributed by atoms with Crippen molar-refractivity contribution in [1.82, 2.24) is 10.9 Å². The summed E-state index contributed by atoms with van der Waals surface area (Å²) < 4.78 is 30.8. The summed E-state index contributed by atoms with van der Waals surface area (Å²) in [5.41, 5.74) is 5.65. The lowest BCUT2D eigenvalue weighted by Gasteiger charge is -1.97. The zero-order valence-corrected chi connectivity index (χ0v) is 14.8. The lowest BCUT2D eigenvalue weighted by Crippen LogP contribution is -2.18. The molecule has 0 aliphatic heterocycles. The summed E-state index contributed by atoms with van der Waals surface area (Å²) in [6.45, 7) is 0. The molecule has 1 heterocycles. The minimum atomic E-state index is -0.669. The number of benzene rings is 2. The Hall–Kier alpha value is -4.14. The van der Waals surface area contributed by atoms with Crippen LogP contribution in [0.15, 0.2) is 75.3 Å². The maximum Gasteiger partial charge on any atom is 0.307 e. The van der Waals surface area contributed by atoms with Crippen molar-refractivity contribution in [2.24, 2.45) is 10.2 Å². The van der Waals surface area contributed by atoms with Crippen LogP contribution in [0, 0.1) is 11.6 Å². The second-order valence-corrected chi connectivity index (χ2v) is 5.67. The second-order valence-electron chi connectivity index (χ2n) is 5.67. The largest absolute Gasteiger partial charge is 0.446 e. The van der Waals surface area contributed by atoms with Crippen LogP contribution in [0.2, 0.25) is 0 Å². The van der Waals surface area contributed by atoms with Gasteiger partial charge in [-0.15, -0.1) is 0 Å². The minimum Gasteiger partial charge on any atom is -0.446 e. The first-order valence-electron chi connectivity index (χ1n) is 8.29. The molecule has 0 unspecified atom stereocenters. The third-order valence-corrected chi connectivity index (χ3v) is 3.55. The predicted molar refractivity (Wildman–Crippen MR) is 102 cm³/mol. The molecular weight excluding hydrogens is 382 g/mol. The highest BCUT2D eigenvalue weighted by Crippen LogP contribution is 2.08. The first-order valence-corrected chi connectivity index (χ1v) is 8.29. The number of hydrogen-bond acceptors (Lipinski definition) is 5. The molecule has 0 fully saturated rings. The third-order valence-electron chi connectivity index (χ3n) is 3.55. The van der Waals surface area contributed by atoms with Crippen molar-refractivity contribution < 1.29 is 22.8 Å². The lowest BCUT2D eigenvalue weighted by atomic mass is 10.2. The fraction of sp³-hybridized carbons (Fsp3) is 0. The average molecular weight is 396 g/mol. The van der Waals surface area contributed by atoms with E-state index in [-0.39, 0.29) is 23.2 Å². The minimum absolute atomic E-state index is 0.131. The molecule has 0 bridgehead atoms. The van der Waals surface area contributed by atoms with Crippen LogP contribution in [0.4, 0.5) is 8.78 Å². The van der Waals surface area contributed by atoms with Crippen molar-refractivity contribution in [3.05, 3.63) is 94.9 Å². The Balaban J connectivity index is 1.53. The molecule has 7 nitrogen and oxygen atoms in total. The Bertz CT molecular complexity index is 974. The van der Waals surface area contributed by atoms with Gasteiger partial charge in [0.15, 0.2) is 11.5 Å². The summed E-state index contributed by atoms with van der Waals surface area (Å²) in [6, 6.07) is 13.6. The number of hydrazone groups is 2. The quantitative estimate of drug-likeness (QED) is 0.495. The normalized spacial score (nSPS) is 11.1. The van der Waals surface area contributed by atoms with Gasteiger partial charge in [-0.1, -0.05) is 24.3 Å². The van der Waals surface area contributed by atoms with E-state index < -0.39 is 11.8 Å². The maximum atomic E-state index is 12.8. The number of furan rings is 1. The Morgan fingerprint density at radius 3 is 1.45 bits per heavy atom. The van der Waals surface area contributed by atoms with E-state index in [1.54, 1.807) is 0 Å². The van der Waals surface area contributed by atoms with E-state index in [0.717, 1.165) is 0 Å². The SMILES string of the molecule is O=C(NN=Cc1ccc(F)cc1)c1ccc(C(=O)NN=Cc2ccc(F)cc2)o1. The molecule has 2 amide bonds. The number of nitrogens with zero attached hydrogens (tertiary/aromatic N) is 2. The number of rotatable bonds is 6. The molecule has 29 heavy (non-hydrogen) atoms. The van der Waals surface area contributed by atoms with Crippen molar-refractivity contribution in [3.63, 3.8) is 0 Å². The van der Waals surface area contributed by atoms with E-state index in [1.165, 1.54) is 73.1 Å². The van der Waals surface area contributed by atoms with Crippen molar-refractivity contribution in [3.8, 4) is 0 Å². The zero-order valence-electron chi connectivity index (χ0n) is 14.8. The summed E-state index contributed by atoms with van der Waals surface area (Å²) >= 11 is 0. The number of nitrogens with one attached hydrogen (secondary N) is 2. The monoisotopic (exact) mass is 396 g/mol. The molecule has 0 atom stereocenters. The van der Waals surface area contributed by atoms with Crippen LogP contribution in [0.5, 0.6) is 0 Å². The molecular formula is C20H14F2N4O3. The highest BCUT2D eigenvalue weighted by Gasteiger charge is 2.15. The van der Waals surface area contributed by atoms with Crippen LogP contribution in [0.1, 0.15) is 32.2 Å². The molecule has 0 spiro atoms. The maximum absolute atomic E-state index is 12.8. The second kappa shape index (κ2) is 9.18. The molecule has 0 aliphatic carbocycles. The summed E-state index contributed by atoms with van der Waals surface area (Å²) in [5, 5.41) is 7.47. The molecule has 1 aromatic heterocycles. The Kier molecular flexibility index (Phi) is 6.21. The van der Waals surface area contributed by atoms with Crippen LogP contribution in [0.3, 0.4) is 0 Å². The molecule has 2 aromatic carbocycles. The molecule has 9 heteroatoms. The molecule has 3 aromatic rings. The first kappa shape index (κ1) is 19.6. The zero-order chi connectivity index (χ0) is 20.6. The van der Waals surface area contributed by atoms with Gasteiger partial charge in [0.25, 0.3) is 0 Å². The standard InChI is InChI=1S/C20H14F2N4O3/c21-15-5-1-13(2-6-15)11-23-25-19(27)17-9-10-18(29-17)20(28)26-24-12-14-3-7-16(22)8-4-14/h1-12H,(H,25,27)(H,26,28). The number of carbonyl (C=O) groups excluding carboxylic acids is 2. The van der Waals surface area contributed by atoms with Gasteiger partial charge < -0.3 is 4.42 Å². The van der Waals surface area contributed by atoms with E-state index >= 15 is 0 Å². The van der Waals surface area contributed by atoms with Crippen LogP contribution in [-0.2, 0) is 0 Å². The van der Waals surface area contributed by atoms with Crippen molar-refractivity contribution >= 4 is 24.2 Å².